The first-order valence-electron chi connectivity index (χ1n) is 6.31. The fourth-order valence-electron chi connectivity index (χ4n) is 1.89. The topological polar surface area (TPSA) is 58.6 Å². The lowest BCUT2D eigenvalue weighted by Gasteiger charge is -2.08. The maximum absolute atomic E-state index is 12.0. The standard InChI is InChI=1S/C16H17NO3/c1-11-6-7-15(18)14(8-11)16(19)17-10-12-4-3-5-13(9-12)20-2/h3-9,18H,10H2,1-2H3,(H,17,19). The van der Waals surface area contributed by atoms with Gasteiger partial charge in [0.05, 0.1) is 12.7 Å². The number of rotatable bonds is 4. The fourth-order valence-corrected chi connectivity index (χ4v) is 1.89. The Labute approximate surface area is 118 Å². The van der Waals surface area contributed by atoms with Crippen LogP contribution in [-0.4, -0.2) is 18.1 Å². The average Bonchev–Trinajstić information content (AvgIpc) is 2.47. The summed E-state index contributed by atoms with van der Waals surface area (Å²) < 4.78 is 5.13. The zero-order valence-electron chi connectivity index (χ0n) is 11.5. The van der Waals surface area contributed by atoms with Crippen LogP contribution in [0.3, 0.4) is 0 Å². The van der Waals surface area contributed by atoms with E-state index in [0.717, 1.165) is 16.9 Å². The second-order valence-corrected chi connectivity index (χ2v) is 4.55. The van der Waals surface area contributed by atoms with E-state index < -0.39 is 0 Å². The number of nitrogens with one attached hydrogen (secondary N) is 1. The maximum Gasteiger partial charge on any atom is 0.255 e. The molecule has 0 aliphatic carbocycles. The number of benzene rings is 2. The number of amides is 1. The fraction of sp³-hybridized carbons (Fsp3) is 0.188. The van der Waals surface area contributed by atoms with E-state index in [1.165, 1.54) is 6.07 Å². The van der Waals surface area contributed by atoms with Gasteiger partial charge in [-0.25, -0.2) is 0 Å². The van der Waals surface area contributed by atoms with Gasteiger partial charge in [0, 0.05) is 6.54 Å². The van der Waals surface area contributed by atoms with Gasteiger partial charge in [0.2, 0.25) is 0 Å². The van der Waals surface area contributed by atoms with Crippen molar-refractivity contribution >= 4 is 5.91 Å². The van der Waals surface area contributed by atoms with Crippen molar-refractivity contribution in [3.8, 4) is 11.5 Å². The number of aromatic hydroxyl groups is 1. The van der Waals surface area contributed by atoms with Crippen molar-refractivity contribution in [3.63, 3.8) is 0 Å². The molecular formula is C16H17NO3. The van der Waals surface area contributed by atoms with Crippen LogP contribution in [0.15, 0.2) is 42.5 Å². The summed E-state index contributed by atoms with van der Waals surface area (Å²) in [5, 5.41) is 12.5. The third-order valence-corrected chi connectivity index (χ3v) is 2.98. The third-order valence-electron chi connectivity index (χ3n) is 2.98. The Hall–Kier alpha value is -2.49. The summed E-state index contributed by atoms with van der Waals surface area (Å²) in [6.45, 7) is 2.25. The SMILES string of the molecule is COc1cccc(CNC(=O)c2cc(C)ccc2O)c1. The van der Waals surface area contributed by atoms with Gasteiger partial charge in [-0.05, 0) is 36.8 Å². The molecule has 0 saturated carbocycles. The van der Waals surface area contributed by atoms with Crippen LogP contribution in [0, 0.1) is 6.92 Å². The quantitative estimate of drug-likeness (QED) is 0.898. The number of phenolic OH excluding ortho intramolecular Hbond substituents is 1. The number of carbonyl (C=O) groups excluding carboxylic acids is 1. The minimum Gasteiger partial charge on any atom is -0.507 e. The number of ether oxygens (including phenoxy) is 1. The van der Waals surface area contributed by atoms with Crippen LogP contribution in [0.2, 0.25) is 0 Å². The van der Waals surface area contributed by atoms with Crippen molar-refractivity contribution in [3.05, 3.63) is 59.2 Å². The summed E-state index contributed by atoms with van der Waals surface area (Å²) in [5.74, 6) is 0.433. The van der Waals surface area contributed by atoms with Crippen molar-refractivity contribution in [2.24, 2.45) is 0 Å². The summed E-state index contributed by atoms with van der Waals surface area (Å²) >= 11 is 0. The molecule has 0 aromatic heterocycles. The number of methoxy groups -OCH3 is 1. The predicted octanol–water partition coefficient (Wildman–Crippen LogP) is 2.64. The Kier molecular flexibility index (Phi) is 4.25. The lowest BCUT2D eigenvalue weighted by Crippen LogP contribution is -2.23. The summed E-state index contributed by atoms with van der Waals surface area (Å²) in [6, 6.07) is 12.4. The Morgan fingerprint density at radius 1 is 1.25 bits per heavy atom. The first-order valence-corrected chi connectivity index (χ1v) is 6.31. The highest BCUT2D eigenvalue weighted by Gasteiger charge is 2.10. The van der Waals surface area contributed by atoms with Gasteiger partial charge < -0.3 is 15.2 Å². The van der Waals surface area contributed by atoms with Gasteiger partial charge in [-0.1, -0.05) is 23.8 Å². The van der Waals surface area contributed by atoms with Crippen LogP contribution < -0.4 is 10.1 Å². The summed E-state index contributed by atoms with van der Waals surface area (Å²) in [6.07, 6.45) is 0. The van der Waals surface area contributed by atoms with Crippen LogP contribution in [0.4, 0.5) is 0 Å². The van der Waals surface area contributed by atoms with Gasteiger partial charge in [-0.2, -0.15) is 0 Å². The Morgan fingerprint density at radius 3 is 2.80 bits per heavy atom. The molecule has 0 atom stereocenters. The van der Waals surface area contributed by atoms with Crippen molar-refractivity contribution in [1.82, 2.24) is 5.32 Å². The molecule has 4 heteroatoms. The van der Waals surface area contributed by atoms with E-state index in [1.54, 1.807) is 19.2 Å². The molecule has 1 amide bonds. The number of hydrogen-bond acceptors (Lipinski definition) is 3. The molecule has 0 saturated heterocycles. The van der Waals surface area contributed by atoms with Crippen LogP contribution in [0.5, 0.6) is 11.5 Å². The highest BCUT2D eigenvalue weighted by Crippen LogP contribution is 2.18. The molecule has 0 aliphatic rings. The lowest BCUT2D eigenvalue weighted by atomic mass is 10.1. The van der Waals surface area contributed by atoms with Crippen LogP contribution >= 0.6 is 0 Å². The predicted molar refractivity (Wildman–Crippen MR) is 77.0 cm³/mol. The highest BCUT2D eigenvalue weighted by atomic mass is 16.5. The summed E-state index contributed by atoms with van der Waals surface area (Å²) in [5.41, 5.74) is 2.15. The highest BCUT2D eigenvalue weighted by molar-refractivity contribution is 5.96. The molecule has 2 rings (SSSR count). The number of hydrogen-bond donors (Lipinski definition) is 2. The monoisotopic (exact) mass is 271 g/mol. The molecular weight excluding hydrogens is 254 g/mol. The minimum absolute atomic E-state index is 0.0151. The molecule has 0 bridgehead atoms. The molecule has 2 N–H and O–H groups in total. The Morgan fingerprint density at radius 2 is 2.05 bits per heavy atom. The Balaban J connectivity index is 2.06. The third kappa shape index (κ3) is 3.29. The van der Waals surface area contributed by atoms with E-state index in [1.807, 2.05) is 31.2 Å². The molecule has 0 radical (unpaired) electrons. The van der Waals surface area contributed by atoms with Crippen LogP contribution in [0.1, 0.15) is 21.5 Å². The van der Waals surface area contributed by atoms with E-state index in [4.69, 9.17) is 4.74 Å². The molecule has 2 aromatic carbocycles. The number of phenols is 1. The van der Waals surface area contributed by atoms with Crippen LogP contribution in [0.25, 0.3) is 0 Å². The summed E-state index contributed by atoms with van der Waals surface area (Å²) in [7, 11) is 1.60. The van der Waals surface area contributed by atoms with Gasteiger partial charge in [0.1, 0.15) is 11.5 Å². The number of carbonyl (C=O) groups is 1. The molecule has 0 aliphatic heterocycles. The first-order chi connectivity index (χ1) is 9.60. The van der Waals surface area contributed by atoms with Gasteiger partial charge >= 0.3 is 0 Å². The second-order valence-electron chi connectivity index (χ2n) is 4.55. The first kappa shape index (κ1) is 13.9. The molecule has 104 valence electrons. The molecule has 2 aromatic rings. The van der Waals surface area contributed by atoms with Crippen molar-refractivity contribution in [2.75, 3.05) is 7.11 Å². The maximum atomic E-state index is 12.0. The average molecular weight is 271 g/mol. The number of aryl methyl sites for hydroxylation is 1. The zero-order valence-corrected chi connectivity index (χ0v) is 11.5. The minimum atomic E-state index is -0.297. The molecule has 0 heterocycles. The van der Waals surface area contributed by atoms with E-state index in [0.29, 0.717) is 6.54 Å². The van der Waals surface area contributed by atoms with E-state index in [-0.39, 0.29) is 17.2 Å². The molecule has 20 heavy (non-hydrogen) atoms. The molecule has 4 nitrogen and oxygen atoms in total. The van der Waals surface area contributed by atoms with Gasteiger partial charge in [0.15, 0.2) is 0 Å². The van der Waals surface area contributed by atoms with E-state index >= 15 is 0 Å². The van der Waals surface area contributed by atoms with Crippen LogP contribution in [-0.2, 0) is 6.54 Å². The molecule has 0 unspecified atom stereocenters. The normalized spacial score (nSPS) is 10.1. The smallest absolute Gasteiger partial charge is 0.255 e. The largest absolute Gasteiger partial charge is 0.507 e. The van der Waals surface area contributed by atoms with Crippen molar-refractivity contribution < 1.29 is 14.6 Å². The Bertz CT molecular complexity index is 623. The van der Waals surface area contributed by atoms with Gasteiger partial charge in [0.25, 0.3) is 5.91 Å². The second kappa shape index (κ2) is 6.10. The summed E-state index contributed by atoms with van der Waals surface area (Å²) in [4.78, 5) is 12.0. The van der Waals surface area contributed by atoms with E-state index in [2.05, 4.69) is 5.32 Å². The van der Waals surface area contributed by atoms with Crippen molar-refractivity contribution in [2.45, 2.75) is 13.5 Å². The van der Waals surface area contributed by atoms with E-state index in [9.17, 15) is 9.90 Å². The molecule has 0 spiro atoms. The van der Waals surface area contributed by atoms with Crippen molar-refractivity contribution in [1.29, 1.82) is 0 Å². The zero-order chi connectivity index (χ0) is 14.5. The van der Waals surface area contributed by atoms with Gasteiger partial charge in [-0.15, -0.1) is 0 Å². The molecule has 0 fully saturated rings. The lowest BCUT2D eigenvalue weighted by molar-refractivity contribution is 0.0948. The van der Waals surface area contributed by atoms with Gasteiger partial charge in [-0.3, -0.25) is 4.79 Å².